The van der Waals surface area contributed by atoms with Gasteiger partial charge in [-0.05, 0) is 40.9 Å². The summed E-state index contributed by atoms with van der Waals surface area (Å²) in [4.78, 5) is 0. The van der Waals surface area contributed by atoms with Crippen LogP contribution in [-0.2, 0) is 6.42 Å². The van der Waals surface area contributed by atoms with Crippen molar-refractivity contribution in [3.8, 4) is 0 Å². The molecule has 0 bridgehead atoms. The zero-order valence-electron chi connectivity index (χ0n) is 8.07. The maximum atomic E-state index is 13.0. The van der Waals surface area contributed by atoms with Gasteiger partial charge in [-0.2, -0.15) is 4.39 Å². The molecule has 1 rings (SSSR count). The SMILES string of the molecule is Cc1ccc(C)c(C/C(F)=C(/F)Br)c1. The van der Waals surface area contributed by atoms with E-state index in [9.17, 15) is 8.78 Å². The van der Waals surface area contributed by atoms with Gasteiger partial charge in [-0.3, -0.25) is 0 Å². The summed E-state index contributed by atoms with van der Waals surface area (Å²) in [5, 5.41) is 0. The van der Waals surface area contributed by atoms with Crippen LogP contribution in [0.1, 0.15) is 16.7 Å². The first-order valence-corrected chi connectivity index (χ1v) is 5.06. The van der Waals surface area contributed by atoms with E-state index in [0.717, 1.165) is 16.7 Å². The van der Waals surface area contributed by atoms with E-state index < -0.39 is 10.6 Å². The lowest BCUT2D eigenvalue weighted by atomic mass is 10.0. The molecule has 0 fully saturated rings. The summed E-state index contributed by atoms with van der Waals surface area (Å²) in [5.74, 6) is -0.765. The Balaban J connectivity index is 2.97. The monoisotopic (exact) mass is 260 g/mol. The van der Waals surface area contributed by atoms with Crippen molar-refractivity contribution in [1.82, 2.24) is 0 Å². The number of hydrogen-bond acceptors (Lipinski definition) is 0. The van der Waals surface area contributed by atoms with Crippen LogP contribution in [0.3, 0.4) is 0 Å². The quantitative estimate of drug-likeness (QED) is 0.742. The van der Waals surface area contributed by atoms with Gasteiger partial charge in [0.2, 0.25) is 0 Å². The molecule has 76 valence electrons. The molecule has 0 saturated carbocycles. The minimum Gasteiger partial charge on any atom is -0.208 e. The first kappa shape index (κ1) is 11.4. The largest absolute Gasteiger partial charge is 0.208 e. The second kappa shape index (κ2) is 4.69. The summed E-state index contributed by atoms with van der Waals surface area (Å²) < 4.78 is 24.5. The molecule has 0 atom stereocenters. The highest BCUT2D eigenvalue weighted by Crippen LogP contribution is 2.21. The van der Waals surface area contributed by atoms with E-state index in [-0.39, 0.29) is 6.42 Å². The normalized spacial score (nSPS) is 12.6. The van der Waals surface area contributed by atoms with Gasteiger partial charge in [-0.25, -0.2) is 4.39 Å². The third-order valence-corrected chi connectivity index (χ3v) is 2.49. The van der Waals surface area contributed by atoms with Crippen molar-refractivity contribution in [3.05, 3.63) is 45.5 Å². The van der Waals surface area contributed by atoms with Crippen LogP contribution in [0.2, 0.25) is 0 Å². The van der Waals surface area contributed by atoms with Crippen molar-refractivity contribution < 1.29 is 8.78 Å². The number of halogens is 3. The Morgan fingerprint density at radius 3 is 2.50 bits per heavy atom. The maximum Gasteiger partial charge on any atom is 0.197 e. The van der Waals surface area contributed by atoms with Crippen molar-refractivity contribution >= 4 is 15.9 Å². The predicted octanol–water partition coefficient (Wildman–Crippen LogP) is 4.35. The van der Waals surface area contributed by atoms with E-state index in [4.69, 9.17) is 0 Å². The van der Waals surface area contributed by atoms with Gasteiger partial charge in [-0.15, -0.1) is 0 Å². The smallest absolute Gasteiger partial charge is 0.197 e. The van der Waals surface area contributed by atoms with Gasteiger partial charge < -0.3 is 0 Å². The van der Waals surface area contributed by atoms with Crippen LogP contribution in [0.4, 0.5) is 8.78 Å². The number of rotatable bonds is 2. The van der Waals surface area contributed by atoms with Crippen LogP contribution in [0.5, 0.6) is 0 Å². The molecule has 0 radical (unpaired) electrons. The molecule has 0 N–H and O–H groups in total. The topological polar surface area (TPSA) is 0 Å². The highest BCUT2D eigenvalue weighted by Gasteiger charge is 2.06. The van der Waals surface area contributed by atoms with Gasteiger partial charge in [0.25, 0.3) is 0 Å². The summed E-state index contributed by atoms with van der Waals surface area (Å²) in [6.07, 6.45) is 0.00456. The van der Waals surface area contributed by atoms with E-state index in [1.165, 1.54) is 0 Å². The Labute approximate surface area is 90.8 Å². The summed E-state index contributed by atoms with van der Waals surface area (Å²) in [6.45, 7) is 3.81. The molecule has 0 aliphatic heterocycles. The lowest BCUT2D eigenvalue weighted by Crippen LogP contribution is -1.91. The standard InChI is InChI=1S/C11H11BrF2/c1-7-3-4-8(2)9(5-7)6-10(13)11(12)14/h3-5H,6H2,1-2H3/b11-10-. The molecule has 1 aromatic carbocycles. The summed E-state index contributed by atoms with van der Waals surface area (Å²) in [6, 6.07) is 5.72. The minimum atomic E-state index is -0.918. The Hall–Kier alpha value is -0.700. The lowest BCUT2D eigenvalue weighted by Gasteiger charge is -2.05. The van der Waals surface area contributed by atoms with Crippen molar-refractivity contribution in [3.63, 3.8) is 0 Å². The Morgan fingerprint density at radius 2 is 1.93 bits per heavy atom. The van der Waals surface area contributed by atoms with Crippen molar-refractivity contribution in [2.24, 2.45) is 0 Å². The first-order chi connectivity index (χ1) is 6.50. The average Bonchev–Trinajstić information content (AvgIpc) is 2.11. The molecule has 0 amide bonds. The molecule has 0 spiro atoms. The van der Waals surface area contributed by atoms with Gasteiger partial charge in [0, 0.05) is 6.42 Å². The van der Waals surface area contributed by atoms with Crippen LogP contribution >= 0.6 is 15.9 Å². The molecule has 0 saturated heterocycles. The van der Waals surface area contributed by atoms with Crippen molar-refractivity contribution in [1.29, 1.82) is 0 Å². The van der Waals surface area contributed by atoms with Crippen LogP contribution in [0, 0.1) is 13.8 Å². The van der Waals surface area contributed by atoms with Crippen LogP contribution < -0.4 is 0 Å². The fourth-order valence-corrected chi connectivity index (χ4v) is 1.36. The molecule has 0 aliphatic carbocycles. The Morgan fingerprint density at radius 1 is 1.29 bits per heavy atom. The van der Waals surface area contributed by atoms with Gasteiger partial charge in [0.15, 0.2) is 4.74 Å². The van der Waals surface area contributed by atoms with Crippen LogP contribution in [-0.4, -0.2) is 0 Å². The summed E-state index contributed by atoms with van der Waals surface area (Å²) in [7, 11) is 0. The van der Waals surface area contributed by atoms with E-state index in [2.05, 4.69) is 15.9 Å². The minimum absolute atomic E-state index is 0.00456. The average molecular weight is 261 g/mol. The first-order valence-electron chi connectivity index (χ1n) is 4.26. The second-order valence-electron chi connectivity index (χ2n) is 3.27. The van der Waals surface area contributed by atoms with Crippen molar-refractivity contribution in [2.75, 3.05) is 0 Å². The second-order valence-corrected chi connectivity index (χ2v) is 3.97. The molecule has 14 heavy (non-hydrogen) atoms. The van der Waals surface area contributed by atoms with Crippen LogP contribution in [0.25, 0.3) is 0 Å². The van der Waals surface area contributed by atoms with Gasteiger partial charge in [0.1, 0.15) is 5.83 Å². The highest BCUT2D eigenvalue weighted by molar-refractivity contribution is 9.11. The van der Waals surface area contributed by atoms with Gasteiger partial charge >= 0.3 is 0 Å². The summed E-state index contributed by atoms with van der Waals surface area (Å²) >= 11 is 2.48. The number of aryl methyl sites for hydroxylation is 2. The highest BCUT2D eigenvalue weighted by atomic mass is 79.9. The zero-order chi connectivity index (χ0) is 10.7. The molecule has 0 aromatic heterocycles. The fraction of sp³-hybridized carbons (Fsp3) is 0.273. The number of hydrogen-bond donors (Lipinski definition) is 0. The summed E-state index contributed by atoms with van der Waals surface area (Å²) in [5.41, 5.74) is 2.84. The third-order valence-electron chi connectivity index (χ3n) is 2.06. The number of benzene rings is 1. The molecule has 0 heterocycles. The molecule has 1 aromatic rings. The Bertz CT molecular complexity index is 366. The van der Waals surface area contributed by atoms with E-state index >= 15 is 0 Å². The molecule has 0 nitrogen and oxygen atoms in total. The fourth-order valence-electron chi connectivity index (χ4n) is 1.22. The molecular formula is C11H11BrF2. The third kappa shape index (κ3) is 2.91. The van der Waals surface area contributed by atoms with E-state index in [1.807, 2.05) is 32.0 Å². The van der Waals surface area contributed by atoms with E-state index in [0.29, 0.717) is 0 Å². The molecule has 0 unspecified atom stereocenters. The maximum absolute atomic E-state index is 13.0. The molecule has 3 heteroatoms. The Kier molecular flexibility index (Phi) is 3.81. The predicted molar refractivity (Wildman–Crippen MR) is 57.8 cm³/mol. The van der Waals surface area contributed by atoms with Crippen LogP contribution in [0.15, 0.2) is 28.8 Å². The van der Waals surface area contributed by atoms with Gasteiger partial charge in [-0.1, -0.05) is 23.8 Å². The van der Waals surface area contributed by atoms with Gasteiger partial charge in [0.05, 0.1) is 0 Å². The lowest BCUT2D eigenvalue weighted by molar-refractivity contribution is 0.556. The van der Waals surface area contributed by atoms with E-state index in [1.54, 1.807) is 0 Å². The number of allylic oxidation sites excluding steroid dienone is 1. The molecule has 0 aliphatic rings. The van der Waals surface area contributed by atoms with Crippen molar-refractivity contribution in [2.45, 2.75) is 20.3 Å². The zero-order valence-corrected chi connectivity index (χ0v) is 9.66. The molecular weight excluding hydrogens is 250 g/mol.